The lowest BCUT2D eigenvalue weighted by Gasteiger charge is -2.09. The van der Waals surface area contributed by atoms with Crippen molar-refractivity contribution in [2.24, 2.45) is 0 Å². The zero-order valence-electron chi connectivity index (χ0n) is 15.1. The van der Waals surface area contributed by atoms with Crippen molar-refractivity contribution in [1.29, 1.82) is 0 Å². The van der Waals surface area contributed by atoms with Gasteiger partial charge in [0.2, 0.25) is 0 Å². The molecule has 6 nitrogen and oxygen atoms in total. The Hall–Kier alpha value is -3.46. The van der Waals surface area contributed by atoms with E-state index in [0.717, 1.165) is 12.1 Å². The molecule has 0 aliphatic rings. The topological polar surface area (TPSA) is 80.0 Å². The molecule has 3 aromatic rings. The number of nitrogens with one attached hydrogen (secondary N) is 1. The second-order valence-corrected chi connectivity index (χ2v) is 6.14. The Morgan fingerprint density at radius 3 is 2.72 bits per heavy atom. The second kappa shape index (κ2) is 8.70. The van der Waals surface area contributed by atoms with Gasteiger partial charge in [0.15, 0.2) is 5.82 Å². The molecule has 0 spiro atoms. The van der Waals surface area contributed by atoms with Crippen LogP contribution in [-0.2, 0) is 12.7 Å². The van der Waals surface area contributed by atoms with E-state index < -0.39 is 17.6 Å². The van der Waals surface area contributed by atoms with Crippen molar-refractivity contribution in [3.63, 3.8) is 0 Å². The summed E-state index contributed by atoms with van der Waals surface area (Å²) in [5, 5.41) is 11.4. The van der Waals surface area contributed by atoms with Crippen LogP contribution in [0.1, 0.15) is 27.2 Å². The van der Waals surface area contributed by atoms with Gasteiger partial charge in [-0.3, -0.25) is 9.78 Å². The maximum atomic E-state index is 12.8. The van der Waals surface area contributed by atoms with Gasteiger partial charge in [0.05, 0.1) is 29.8 Å². The van der Waals surface area contributed by atoms with E-state index in [0.29, 0.717) is 16.8 Å². The molecule has 0 atom stereocenters. The maximum Gasteiger partial charge on any atom is 0.416 e. The Labute approximate surface area is 164 Å². The summed E-state index contributed by atoms with van der Waals surface area (Å²) >= 11 is 0. The lowest BCUT2D eigenvalue weighted by Crippen LogP contribution is -2.12. The van der Waals surface area contributed by atoms with E-state index in [1.54, 1.807) is 28.8 Å². The number of aliphatic hydroxyl groups is 1. The van der Waals surface area contributed by atoms with Crippen LogP contribution in [0.3, 0.4) is 0 Å². The minimum absolute atomic E-state index is 0.104. The Morgan fingerprint density at radius 1 is 1.21 bits per heavy atom. The number of aromatic nitrogens is 3. The van der Waals surface area contributed by atoms with Gasteiger partial charge in [-0.05, 0) is 35.9 Å². The van der Waals surface area contributed by atoms with Gasteiger partial charge < -0.3 is 15.0 Å². The summed E-state index contributed by atoms with van der Waals surface area (Å²) < 4.78 is 40.0. The van der Waals surface area contributed by atoms with Crippen LogP contribution in [0.4, 0.5) is 19.0 Å². The van der Waals surface area contributed by atoms with E-state index in [1.807, 2.05) is 0 Å². The largest absolute Gasteiger partial charge is 0.416 e. The molecule has 1 amide bonds. The molecule has 0 unspecified atom stereocenters. The van der Waals surface area contributed by atoms with Crippen LogP contribution in [0, 0.1) is 0 Å². The first-order valence-electron chi connectivity index (χ1n) is 8.58. The molecule has 2 aromatic heterocycles. The van der Waals surface area contributed by atoms with Crippen molar-refractivity contribution in [2.45, 2.75) is 12.7 Å². The molecule has 0 saturated carbocycles. The number of halogens is 3. The highest BCUT2D eigenvalue weighted by Gasteiger charge is 2.30. The van der Waals surface area contributed by atoms with E-state index >= 15 is 0 Å². The molecule has 0 fully saturated rings. The van der Waals surface area contributed by atoms with Crippen LogP contribution in [0.2, 0.25) is 0 Å². The fourth-order valence-electron chi connectivity index (χ4n) is 2.57. The number of hydrogen-bond acceptors (Lipinski definition) is 4. The third-order valence-electron chi connectivity index (χ3n) is 3.94. The Bertz CT molecular complexity index is 1010. The molecule has 9 heteroatoms. The number of carbonyl (C=O) groups is 1. The van der Waals surface area contributed by atoms with E-state index in [2.05, 4.69) is 15.3 Å². The summed E-state index contributed by atoms with van der Waals surface area (Å²) in [5.74, 6) is -0.147. The van der Waals surface area contributed by atoms with Crippen molar-refractivity contribution in [2.75, 3.05) is 11.9 Å². The van der Waals surface area contributed by atoms with Crippen LogP contribution in [0.25, 0.3) is 6.08 Å². The summed E-state index contributed by atoms with van der Waals surface area (Å²) in [6.07, 6.45) is 3.10. The molecule has 0 radical (unpaired) electrons. The zero-order valence-corrected chi connectivity index (χ0v) is 15.1. The number of carbonyl (C=O) groups excluding carboxylic acids is 1. The van der Waals surface area contributed by atoms with Crippen molar-refractivity contribution < 1.29 is 23.1 Å². The first-order valence-corrected chi connectivity index (χ1v) is 8.58. The highest BCUT2D eigenvalue weighted by atomic mass is 19.4. The number of hydrogen-bond donors (Lipinski definition) is 2. The number of anilines is 1. The monoisotopic (exact) mass is 402 g/mol. The van der Waals surface area contributed by atoms with Crippen LogP contribution < -0.4 is 5.32 Å². The predicted molar refractivity (Wildman–Crippen MR) is 101 cm³/mol. The quantitative estimate of drug-likeness (QED) is 0.660. The molecule has 1 aromatic carbocycles. The fraction of sp³-hybridized carbons (Fsp3) is 0.150. The summed E-state index contributed by atoms with van der Waals surface area (Å²) in [7, 11) is 0. The molecule has 150 valence electrons. The van der Waals surface area contributed by atoms with Gasteiger partial charge in [-0.2, -0.15) is 13.2 Å². The smallest absolute Gasteiger partial charge is 0.392 e. The van der Waals surface area contributed by atoms with Crippen LogP contribution in [0.15, 0.2) is 61.2 Å². The molecule has 2 heterocycles. The lowest BCUT2D eigenvalue weighted by molar-refractivity contribution is -0.137. The van der Waals surface area contributed by atoms with E-state index in [1.165, 1.54) is 30.9 Å². The third-order valence-corrected chi connectivity index (χ3v) is 3.94. The van der Waals surface area contributed by atoms with Gasteiger partial charge in [0.1, 0.15) is 0 Å². The van der Waals surface area contributed by atoms with Gasteiger partial charge in [-0.1, -0.05) is 18.2 Å². The summed E-state index contributed by atoms with van der Waals surface area (Å²) in [6, 6.07) is 8.25. The predicted octanol–water partition coefficient (Wildman–Crippen LogP) is 3.60. The number of nitrogens with zero attached hydrogens (tertiary/aromatic N) is 3. The molecule has 2 N–H and O–H groups in total. The number of rotatable bonds is 6. The minimum Gasteiger partial charge on any atom is -0.392 e. The number of amides is 1. The molecule has 29 heavy (non-hydrogen) atoms. The number of aliphatic hydroxyl groups excluding tert-OH is 1. The highest BCUT2D eigenvalue weighted by molar-refractivity contribution is 6.03. The first kappa shape index (κ1) is 20.3. The number of alkyl halides is 3. The molecular formula is C20H17F3N4O2. The summed E-state index contributed by atoms with van der Waals surface area (Å²) in [6.45, 7) is 0.0767. The Balaban J connectivity index is 1.64. The summed E-state index contributed by atoms with van der Waals surface area (Å²) in [5.41, 5.74) is 0.666. The Morgan fingerprint density at radius 2 is 2.03 bits per heavy atom. The average Bonchev–Trinajstić information content (AvgIpc) is 3.13. The number of pyridine rings is 1. The zero-order chi connectivity index (χ0) is 20.9. The van der Waals surface area contributed by atoms with Gasteiger partial charge >= 0.3 is 6.18 Å². The minimum atomic E-state index is -4.40. The standard InChI is InChI=1S/C20H17F3N4O2/c21-20(22,23)16-4-1-3-14(9-16)11-27-12-18(25-13-27)26-19(29)15-6-7-17(24-10-15)5-2-8-28/h1-7,9-10,12-13,28H,8,11H2,(H,26,29)/b5-2+. The average molecular weight is 402 g/mol. The molecule has 0 bridgehead atoms. The number of imidazole rings is 1. The van der Waals surface area contributed by atoms with E-state index in [9.17, 15) is 18.0 Å². The van der Waals surface area contributed by atoms with E-state index in [-0.39, 0.29) is 19.0 Å². The van der Waals surface area contributed by atoms with Gasteiger partial charge in [0, 0.05) is 18.9 Å². The lowest BCUT2D eigenvalue weighted by atomic mass is 10.1. The molecule has 0 aliphatic carbocycles. The third kappa shape index (κ3) is 5.52. The van der Waals surface area contributed by atoms with Crippen molar-refractivity contribution >= 4 is 17.8 Å². The molecule has 0 saturated heterocycles. The summed E-state index contributed by atoms with van der Waals surface area (Å²) in [4.78, 5) is 20.4. The Kier molecular flexibility index (Phi) is 6.08. The second-order valence-electron chi connectivity index (χ2n) is 6.14. The van der Waals surface area contributed by atoms with Gasteiger partial charge in [0.25, 0.3) is 5.91 Å². The number of benzene rings is 1. The SMILES string of the molecule is O=C(Nc1cn(Cc2cccc(C(F)(F)F)c2)cn1)c1ccc(/C=C/CO)nc1. The molecular weight excluding hydrogens is 385 g/mol. The maximum absolute atomic E-state index is 12.8. The van der Waals surface area contributed by atoms with Crippen LogP contribution >= 0.6 is 0 Å². The van der Waals surface area contributed by atoms with Gasteiger partial charge in [-0.15, -0.1) is 0 Å². The van der Waals surface area contributed by atoms with Gasteiger partial charge in [-0.25, -0.2) is 4.98 Å². The fourth-order valence-corrected chi connectivity index (χ4v) is 2.57. The normalized spacial score (nSPS) is 11.7. The molecule has 3 rings (SSSR count). The van der Waals surface area contributed by atoms with Crippen molar-refractivity contribution in [1.82, 2.24) is 14.5 Å². The first-order chi connectivity index (χ1) is 13.8. The molecule has 0 aliphatic heterocycles. The van der Waals surface area contributed by atoms with E-state index in [4.69, 9.17) is 5.11 Å². The van der Waals surface area contributed by atoms with Crippen LogP contribution in [-0.4, -0.2) is 32.2 Å². The highest BCUT2D eigenvalue weighted by Crippen LogP contribution is 2.29. The van der Waals surface area contributed by atoms with Crippen molar-refractivity contribution in [3.05, 3.63) is 83.6 Å². The van der Waals surface area contributed by atoms with Crippen LogP contribution in [0.5, 0.6) is 0 Å². The van der Waals surface area contributed by atoms with Crippen molar-refractivity contribution in [3.8, 4) is 0 Å².